The molecule has 2 aromatic heterocycles. The number of fused-ring (bicyclic) bond motifs is 1. The van der Waals surface area contributed by atoms with Crippen LogP contribution in [0.5, 0.6) is 0 Å². The number of carbonyl (C=O) groups is 1. The molecule has 6 heteroatoms. The van der Waals surface area contributed by atoms with Crippen molar-refractivity contribution in [2.75, 3.05) is 11.1 Å². The summed E-state index contributed by atoms with van der Waals surface area (Å²) in [7, 11) is 0. The molecule has 0 aliphatic carbocycles. The third-order valence-corrected chi connectivity index (χ3v) is 5.37. The quantitative estimate of drug-likeness (QED) is 0.668. The fourth-order valence-electron chi connectivity index (χ4n) is 1.90. The number of carbonyl (C=O) groups excluding carboxylic acids is 1. The average Bonchev–Trinajstić information content (AvgIpc) is 2.96. The summed E-state index contributed by atoms with van der Waals surface area (Å²) < 4.78 is 2.26. The van der Waals surface area contributed by atoms with Crippen LogP contribution in [-0.2, 0) is 0 Å². The lowest BCUT2D eigenvalue weighted by Crippen LogP contribution is -2.11. The maximum Gasteiger partial charge on any atom is 0.265 e. The van der Waals surface area contributed by atoms with Gasteiger partial charge in [0.2, 0.25) is 0 Å². The predicted molar refractivity (Wildman–Crippen MR) is 88.3 cm³/mol. The highest BCUT2D eigenvalue weighted by molar-refractivity contribution is 7.27. The van der Waals surface area contributed by atoms with E-state index < -0.39 is 0 Å². The number of nitrogen functional groups attached to an aromatic ring is 1. The average molecular weight is 323 g/mol. The van der Waals surface area contributed by atoms with Crippen molar-refractivity contribution in [1.82, 2.24) is 0 Å². The van der Waals surface area contributed by atoms with Gasteiger partial charge in [0.25, 0.3) is 5.91 Å². The lowest BCUT2D eigenvalue weighted by atomic mass is 10.1. The summed E-state index contributed by atoms with van der Waals surface area (Å²) in [5, 5.41) is 5.34. The molecule has 0 unspecified atom stereocenters. The van der Waals surface area contributed by atoms with E-state index in [1.165, 1.54) is 11.3 Å². The summed E-state index contributed by atoms with van der Waals surface area (Å²) in [6, 6.07) is 7.37. The molecule has 3 nitrogen and oxygen atoms in total. The van der Waals surface area contributed by atoms with Crippen molar-refractivity contribution in [1.29, 1.82) is 0 Å². The smallest absolute Gasteiger partial charge is 0.265 e. The van der Waals surface area contributed by atoms with Gasteiger partial charge in [0.1, 0.15) is 0 Å². The van der Waals surface area contributed by atoms with Crippen molar-refractivity contribution >= 4 is 61.0 Å². The number of benzene rings is 1. The lowest BCUT2D eigenvalue weighted by Gasteiger charge is -2.09. The lowest BCUT2D eigenvalue weighted by molar-refractivity contribution is 0.103. The van der Waals surface area contributed by atoms with Crippen LogP contribution in [0.25, 0.3) is 9.40 Å². The van der Waals surface area contributed by atoms with Gasteiger partial charge in [0.15, 0.2) is 0 Å². The Kier molecular flexibility index (Phi) is 3.41. The number of nitrogens with two attached hydrogens (primary N) is 1. The van der Waals surface area contributed by atoms with Crippen molar-refractivity contribution < 1.29 is 4.79 Å². The minimum Gasteiger partial charge on any atom is -0.398 e. The molecule has 3 N–H and O–H groups in total. The highest BCUT2D eigenvalue weighted by Gasteiger charge is 2.13. The van der Waals surface area contributed by atoms with Gasteiger partial charge >= 0.3 is 0 Å². The van der Waals surface area contributed by atoms with Crippen molar-refractivity contribution in [3.05, 3.63) is 45.1 Å². The first-order chi connectivity index (χ1) is 9.54. The Morgan fingerprint density at radius 2 is 2.10 bits per heavy atom. The number of halogens is 1. The van der Waals surface area contributed by atoms with Crippen LogP contribution < -0.4 is 11.1 Å². The number of anilines is 2. The van der Waals surface area contributed by atoms with Crippen LogP contribution in [0.15, 0.2) is 29.6 Å². The summed E-state index contributed by atoms with van der Waals surface area (Å²) in [4.78, 5) is 13.0. The Bertz CT molecular complexity index is 778. The normalized spacial score (nSPS) is 10.9. The van der Waals surface area contributed by atoms with E-state index in [2.05, 4.69) is 5.32 Å². The molecule has 0 radical (unpaired) electrons. The van der Waals surface area contributed by atoms with Gasteiger partial charge in [0, 0.05) is 15.1 Å². The molecule has 2 heterocycles. The minimum absolute atomic E-state index is 0.123. The topological polar surface area (TPSA) is 55.1 Å². The molecule has 3 rings (SSSR count). The van der Waals surface area contributed by atoms with Crippen LogP contribution in [0.1, 0.15) is 15.2 Å². The van der Waals surface area contributed by atoms with Crippen LogP contribution in [0.3, 0.4) is 0 Å². The largest absolute Gasteiger partial charge is 0.398 e. The highest BCUT2D eigenvalue weighted by atomic mass is 35.5. The van der Waals surface area contributed by atoms with Gasteiger partial charge in [-0.3, -0.25) is 4.79 Å². The number of thiophene rings is 2. The summed E-state index contributed by atoms with van der Waals surface area (Å²) in [6.07, 6.45) is 0. The zero-order chi connectivity index (χ0) is 14.3. The van der Waals surface area contributed by atoms with Crippen LogP contribution >= 0.6 is 34.3 Å². The van der Waals surface area contributed by atoms with Crippen LogP contribution in [0.4, 0.5) is 11.4 Å². The van der Waals surface area contributed by atoms with E-state index >= 15 is 0 Å². The molecule has 0 aliphatic rings. The molecule has 0 saturated carbocycles. The molecular formula is C14H11ClN2OS2. The number of nitrogens with one attached hydrogen (secondary N) is 1. The predicted octanol–water partition coefficient (Wildman–Crippen LogP) is 4.76. The van der Waals surface area contributed by atoms with E-state index in [1.807, 2.05) is 24.4 Å². The zero-order valence-corrected chi connectivity index (χ0v) is 13.0. The molecule has 1 aromatic carbocycles. The molecule has 1 amide bonds. The summed E-state index contributed by atoms with van der Waals surface area (Å²) >= 11 is 9.11. The van der Waals surface area contributed by atoms with Crippen molar-refractivity contribution in [3.8, 4) is 0 Å². The highest BCUT2D eigenvalue weighted by Crippen LogP contribution is 2.31. The molecule has 0 fully saturated rings. The SMILES string of the molecule is Cc1cc(N)c(Cl)cc1NC(=O)c1cc2sccc2s1. The number of rotatable bonds is 2. The second-order valence-electron chi connectivity index (χ2n) is 4.40. The Hall–Kier alpha value is -1.56. The molecule has 0 aliphatic heterocycles. The zero-order valence-electron chi connectivity index (χ0n) is 10.6. The minimum atomic E-state index is -0.123. The third-order valence-electron chi connectivity index (χ3n) is 2.96. The van der Waals surface area contributed by atoms with Gasteiger partial charge in [0.05, 0.1) is 15.6 Å². The second kappa shape index (κ2) is 5.09. The maximum absolute atomic E-state index is 12.3. The Morgan fingerprint density at radius 1 is 1.30 bits per heavy atom. The molecule has 0 atom stereocenters. The van der Waals surface area contributed by atoms with Gasteiger partial charge < -0.3 is 11.1 Å². The number of hydrogen-bond acceptors (Lipinski definition) is 4. The molecule has 0 bridgehead atoms. The van der Waals surface area contributed by atoms with E-state index in [0.717, 1.165) is 15.0 Å². The monoisotopic (exact) mass is 322 g/mol. The number of hydrogen-bond donors (Lipinski definition) is 2. The van der Waals surface area contributed by atoms with Crippen molar-refractivity contribution in [3.63, 3.8) is 0 Å². The molecule has 20 heavy (non-hydrogen) atoms. The first kappa shape index (κ1) is 13.4. The molecule has 0 spiro atoms. The third kappa shape index (κ3) is 2.40. The number of aryl methyl sites for hydroxylation is 1. The van der Waals surface area contributed by atoms with Gasteiger partial charge in [-0.1, -0.05) is 11.6 Å². The van der Waals surface area contributed by atoms with Crippen molar-refractivity contribution in [2.24, 2.45) is 0 Å². The van der Waals surface area contributed by atoms with Gasteiger partial charge in [-0.15, -0.1) is 22.7 Å². The van der Waals surface area contributed by atoms with Gasteiger partial charge in [-0.05, 0) is 42.1 Å². The standard InChI is InChI=1S/C14H11ClN2OS2/c1-7-4-9(16)8(15)5-10(7)17-14(18)13-6-12-11(20-13)2-3-19-12/h2-6H,16H2,1H3,(H,17,18). The van der Waals surface area contributed by atoms with Gasteiger partial charge in [-0.2, -0.15) is 0 Å². The molecule has 102 valence electrons. The molecular weight excluding hydrogens is 312 g/mol. The fraction of sp³-hybridized carbons (Fsp3) is 0.0714. The summed E-state index contributed by atoms with van der Waals surface area (Å²) in [5.74, 6) is -0.123. The van der Waals surface area contributed by atoms with E-state index in [9.17, 15) is 4.79 Å². The van der Waals surface area contributed by atoms with Crippen LogP contribution in [0.2, 0.25) is 5.02 Å². The van der Waals surface area contributed by atoms with E-state index in [0.29, 0.717) is 21.3 Å². The Morgan fingerprint density at radius 3 is 2.85 bits per heavy atom. The summed E-state index contributed by atoms with van der Waals surface area (Å²) in [6.45, 7) is 1.88. The molecule has 0 saturated heterocycles. The van der Waals surface area contributed by atoms with E-state index in [4.69, 9.17) is 17.3 Å². The van der Waals surface area contributed by atoms with Crippen LogP contribution in [-0.4, -0.2) is 5.91 Å². The fourth-order valence-corrected chi connectivity index (χ4v) is 4.07. The summed E-state index contributed by atoms with van der Waals surface area (Å²) in [5.41, 5.74) is 7.81. The van der Waals surface area contributed by atoms with Crippen molar-refractivity contribution in [2.45, 2.75) is 6.92 Å². The second-order valence-corrected chi connectivity index (χ2v) is 6.84. The Labute approximate surface area is 129 Å². The first-order valence-electron chi connectivity index (χ1n) is 5.88. The van der Waals surface area contributed by atoms with E-state index in [-0.39, 0.29) is 5.91 Å². The van der Waals surface area contributed by atoms with E-state index in [1.54, 1.807) is 23.5 Å². The maximum atomic E-state index is 12.3. The molecule has 3 aromatic rings. The van der Waals surface area contributed by atoms with Gasteiger partial charge in [-0.25, -0.2) is 0 Å². The first-order valence-corrected chi connectivity index (χ1v) is 7.96. The number of amides is 1. The Balaban J connectivity index is 1.89. The van der Waals surface area contributed by atoms with Crippen LogP contribution in [0, 0.1) is 6.92 Å².